The molecule has 10 heteroatoms. The van der Waals surface area contributed by atoms with E-state index in [0.29, 0.717) is 28.8 Å². The van der Waals surface area contributed by atoms with Crippen LogP contribution < -0.4 is 0 Å². The fourth-order valence-electron chi connectivity index (χ4n) is 4.90. The van der Waals surface area contributed by atoms with Crippen LogP contribution in [0, 0.1) is 5.82 Å². The molecule has 0 aliphatic carbocycles. The number of benzene rings is 2. The molecule has 2 aromatic carbocycles. The molecular formula is C26H27F4N3O3. The maximum absolute atomic E-state index is 14.3. The Kier molecular flexibility index (Phi) is 7.08. The van der Waals surface area contributed by atoms with Crippen molar-refractivity contribution >= 4 is 22.8 Å². The fourth-order valence-corrected chi connectivity index (χ4v) is 4.90. The highest BCUT2D eigenvalue weighted by atomic mass is 19.4. The Morgan fingerprint density at radius 2 is 1.89 bits per heavy atom. The number of rotatable bonds is 7. The lowest BCUT2D eigenvalue weighted by atomic mass is 9.97. The molecule has 6 nitrogen and oxygen atoms in total. The van der Waals surface area contributed by atoms with Gasteiger partial charge in [0.15, 0.2) is 0 Å². The van der Waals surface area contributed by atoms with Crippen molar-refractivity contribution in [1.29, 1.82) is 0 Å². The SMILES string of the molecule is CCN(Cc1cc(F)ccc1-c1cn(CC(=O)O)c2ccc(C(F)(F)F)cc12)C(=O)[C@H]1CCCN1C. The lowest BCUT2D eigenvalue weighted by Crippen LogP contribution is -2.43. The molecular weight excluding hydrogens is 478 g/mol. The summed E-state index contributed by atoms with van der Waals surface area (Å²) in [5.41, 5.74) is 0.650. The Hall–Kier alpha value is -3.40. The number of halogens is 4. The average Bonchev–Trinajstić information content (AvgIpc) is 3.39. The fraction of sp³-hybridized carbons (Fsp3) is 0.385. The van der Waals surface area contributed by atoms with Gasteiger partial charge in [-0.05, 0) is 74.8 Å². The molecule has 4 rings (SSSR count). The molecule has 0 unspecified atom stereocenters. The van der Waals surface area contributed by atoms with Gasteiger partial charge in [0.05, 0.1) is 11.6 Å². The molecule has 0 spiro atoms. The van der Waals surface area contributed by atoms with Crippen LogP contribution in [0.1, 0.15) is 30.9 Å². The van der Waals surface area contributed by atoms with Gasteiger partial charge < -0.3 is 14.6 Å². The summed E-state index contributed by atoms with van der Waals surface area (Å²) in [6.07, 6.45) is -1.49. The van der Waals surface area contributed by atoms with E-state index in [-0.39, 0.29) is 23.9 Å². The Morgan fingerprint density at radius 3 is 2.50 bits per heavy atom. The number of fused-ring (bicyclic) bond motifs is 1. The summed E-state index contributed by atoms with van der Waals surface area (Å²) in [6.45, 7) is 2.62. The van der Waals surface area contributed by atoms with Gasteiger partial charge in [-0.1, -0.05) is 6.07 Å². The summed E-state index contributed by atoms with van der Waals surface area (Å²) >= 11 is 0. The molecule has 0 bridgehead atoms. The zero-order valence-electron chi connectivity index (χ0n) is 20.0. The van der Waals surface area contributed by atoms with Crippen LogP contribution in [0.3, 0.4) is 0 Å². The maximum atomic E-state index is 14.3. The van der Waals surface area contributed by atoms with E-state index in [9.17, 15) is 32.3 Å². The number of alkyl halides is 3. The van der Waals surface area contributed by atoms with Crippen LogP contribution in [0.15, 0.2) is 42.6 Å². The molecule has 0 saturated carbocycles. The van der Waals surface area contributed by atoms with E-state index in [2.05, 4.69) is 0 Å². The Balaban J connectivity index is 1.82. The quantitative estimate of drug-likeness (QED) is 0.460. The van der Waals surface area contributed by atoms with Crippen LogP contribution in [0.5, 0.6) is 0 Å². The number of aliphatic carboxylic acids is 1. The van der Waals surface area contributed by atoms with E-state index < -0.39 is 30.1 Å². The molecule has 2 heterocycles. The van der Waals surface area contributed by atoms with Gasteiger partial charge in [0, 0.05) is 35.8 Å². The van der Waals surface area contributed by atoms with Crippen LogP contribution in [0.4, 0.5) is 17.6 Å². The summed E-state index contributed by atoms with van der Waals surface area (Å²) in [4.78, 5) is 28.2. The molecule has 1 aliphatic heterocycles. The van der Waals surface area contributed by atoms with Crippen molar-refractivity contribution in [2.45, 2.75) is 45.1 Å². The first kappa shape index (κ1) is 25.7. The molecule has 3 aromatic rings. The van der Waals surface area contributed by atoms with Gasteiger partial charge in [-0.15, -0.1) is 0 Å². The number of hydrogen-bond acceptors (Lipinski definition) is 3. The second kappa shape index (κ2) is 9.93. The highest BCUT2D eigenvalue weighted by Gasteiger charge is 2.33. The minimum atomic E-state index is -4.59. The summed E-state index contributed by atoms with van der Waals surface area (Å²) in [6, 6.07) is 6.80. The third kappa shape index (κ3) is 5.09. The third-order valence-corrected chi connectivity index (χ3v) is 6.73. The summed E-state index contributed by atoms with van der Waals surface area (Å²) in [5, 5.41) is 9.52. The second-order valence-electron chi connectivity index (χ2n) is 9.09. The smallest absolute Gasteiger partial charge is 0.416 e. The number of carboxylic acid groups (broad SMARTS) is 1. The van der Waals surface area contributed by atoms with Crippen molar-refractivity contribution in [3.05, 3.63) is 59.5 Å². The minimum absolute atomic E-state index is 0.0668. The van der Waals surface area contributed by atoms with Crippen LogP contribution >= 0.6 is 0 Å². The van der Waals surface area contributed by atoms with Crippen molar-refractivity contribution in [2.75, 3.05) is 20.1 Å². The lowest BCUT2D eigenvalue weighted by Gasteiger charge is -2.28. The molecule has 1 aromatic heterocycles. The Morgan fingerprint density at radius 1 is 1.14 bits per heavy atom. The van der Waals surface area contributed by atoms with E-state index in [1.807, 2.05) is 18.9 Å². The number of carbonyl (C=O) groups excluding carboxylic acids is 1. The van der Waals surface area contributed by atoms with Gasteiger partial charge in [-0.2, -0.15) is 13.2 Å². The highest BCUT2D eigenvalue weighted by molar-refractivity contribution is 5.98. The number of hydrogen-bond donors (Lipinski definition) is 1. The molecule has 1 aliphatic rings. The summed E-state index contributed by atoms with van der Waals surface area (Å²) in [7, 11) is 1.88. The van der Waals surface area contributed by atoms with Crippen molar-refractivity contribution in [3.8, 4) is 11.1 Å². The molecule has 1 N–H and O–H groups in total. The first-order valence-electron chi connectivity index (χ1n) is 11.7. The van der Waals surface area contributed by atoms with E-state index in [4.69, 9.17) is 0 Å². The van der Waals surface area contributed by atoms with Gasteiger partial charge in [-0.3, -0.25) is 14.5 Å². The van der Waals surface area contributed by atoms with Gasteiger partial charge in [0.25, 0.3) is 0 Å². The monoisotopic (exact) mass is 505 g/mol. The van der Waals surface area contributed by atoms with Crippen molar-refractivity contribution in [3.63, 3.8) is 0 Å². The Labute approximate surface area is 205 Å². The van der Waals surface area contributed by atoms with Crippen LogP contribution in [-0.4, -0.2) is 57.5 Å². The number of amides is 1. The largest absolute Gasteiger partial charge is 0.480 e. The molecule has 1 atom stereocenters. The molecule has 36 heavy (non-hydrogen) atoms. The Bertz CT molecular complexity index is 1300. The average molecular weight is 506 g/mol. The molecule has 1 fully saturated rings. The predicted octanol–water partition coefficient (Wildman–Crippen LogP) is 4.99. The van der Waals surface area contributed by atoms with Crippen molar-refractivity contribution in [2.24, 2.45) is 0 Å². The van der Waals surface area contributed by atoms with Crippen LogP contribution in [0.25, 0.3) is 22.0 Å². The molecule has 192 valence electrons. The number of carboxylic acids is 1. The number of nitrogens with zero attached hydrogens (tertiary/aromatic N) is 3. The predicted molar refractivity (Wildman–Crippen MR) is 127 cm³/mol. The lowest BCUT2D eigenvalue weighted by molar-refractivity contribution is -0.138. The van der Waals surface area contributed by atoms with Crippen LogP contribution in [-0.2, 0) is 28.9 Å². The third-order valence-electron chi connectivity index (χ3n) is 6.73. The number of likely N-dealkylation sites (tertiary alicyclic amines) is 1. The number of carbonyl (C=O) groups is 2. The van der Waals surface area contributed by atoms with Gasteiger partial charge in [-0.25, -0.2) is 4.39 Å². The van der Waals surface area contributed by atoms with Gasteiger partial charge in [0.1, 0.15) is 12.4 Å². The minimum Gasteiger partial charge on any atom is -0.480 e. The van der Waals surface area contributed by atoms with E-state index in [1.54, 1.807) is 4.90 Å². The highest BCUT2D eigenvalue weighted by Crippen LogP contribution is 2.38. The first-order valence-corrected chi connectivity index (χ1v) is 11.7. The normalized spacial score (nSPS) is 16.6. The summed E-state index contributed by atoms with van der Waals surface area (Å²) in [5.74, 6) is -1.78. The van der Waals surface area contributed by atoms with Crippen molar-refractivity contribution in [1.82, 2.24) is 14.4 Å². The first-order chi connectivity index (χ1) is 17.0. The summed E-state index contributed by atoms with van der Waals surface area (Å²) < 4.78 is 56.2. The number of aromatic nitrogens is 1. The molecule has 0 radical (unpaired) electrons. The zero-order valence-corrected chi connectivity index (χ0v) is 20.0. The second-order valence-corrected chi connectivity index (χ2v) is 9.09. The van der Waals surface area contributed by atoms with E-state index >= 15 is 0 Å². The topological polar surface area (TPSA) is 65.8 Å². The van der Waals surface area contributed by atoms with Gasteiger partial charge >= 0.3 is 12.1 Å². The van der Waals surface area contributed by atoms with E-state index in [0.717, 1.165) is 31.5 Å². The van der Waals surface area contributed by atoms with Crippen LogP contribution in [0.2, 0.25) is 0 Å². The van der Waals surface area contributed by atoms with Crippen molar-refractivity contribution < 1.29 is 32.3 Å². The maximum Gasteiger partial charge on any atom is 0.416 e. The van der Waals surface area contributed by atoms with Gasteiger partial charge in [0.2, 0.25) is 5.91 Å². The molecule has 1 saturated heterocycles. The zero-order chi connectivity index (χ0) is 26.2. The standard InChI is InChI=1S/C26H27F4N3O3/c1-3-32(25(36)23-5-4-10-31(23)2)13-16-11-18(27)7-8-19(16)21-14-33(15-24(34)35)22-9-6-17(12-20(21)22)26(28,29)30/h6-9,11-12,14,23H,3-5,10,13,15H2,1-2H3,(H,34,35)/t23-/m1/s1. The molecule has 1 amide bonds. The number of likely N-dealkylation sites (N-methyl/N-ethyl adjacent to an activating group) is 2. The van der Waals surface area contributed by atoms with E-state index in [1.165, 1.54) is 35.0 Å².